The van der Waals surface area contributed by atoms with Gasteiger partial charge in [0.2, 0.25) is 5.91 Å². The molecule has 0 saturated carbocycles. The second kappa shape index (κ2) is 7.00. The summed E-state index contributed by atoms with van der Waals surface area (Å²) in [7, 11) is 0. The zero-order chi connectivity index (χ0) is 19.9. The van der Waals surface area contributed by atoms with Crippen molar-refractivity contribution in [2.45, 2.75) is 32.2 Å². The van der Waals surface area contributed by atoms with Crippen LogP contribution in [0.1, 0.15) is 48.1 Å². The van der Waals surface area contributed by atoms with Crippen molar-refractivity contribution in [2.75, 3.05) is 19.6 Å². The fourth-order valence-corrected chi connectivity index (χ4v) is 4.37. The van der Waals surface area contributed by atoms with E-state index in [1.54, 1.807) is 22.9 Å². The first-order chi connectivity index (χ1) is 13.4. The summed E-state index contributed by atoms with van der Waals surface area (Å²) >= 11 is 0. The van der Waals surface area contributed by atoms with Gasteiger partial charge in [0.05, 0.1) is 23.2 Å². The van der Waals surface area contributed by atoms with Crippen LogP contribution in [0.5, 0.6) is 0 Å². The number of amides is 2. The summed E-state index contributed by atoms with van der Waals surface area (Å²) in [6, 6.07) is 2.79. The third-order valence-corrected chi connectivity index (χ3v) is 6.17. The smallest absolute Gasteiger partial charge is 0.257 e. The zero-order valence-electron chi connectivity index (χ0n) is 15.6. The van der Waals surface area contributed by atoms with Gasteiger partial charge in [-0.1, -0.05) is 0 Å². The molecule has 2 aromatic rings. The molecule has 2 aliphatic heterocycles. The lowest BCUT2D eigenvalue weighted by atomic mass is 9.77. The highest BCUT2D eigenvalue weighted by atomic mass is 19.1. The van der Waals surface area contributed by atoms with Crippen molar-refractivity contribution in [3.8, 4) is 0 Å². The minimum atomic E-state index is -0.534. The van der Waals surface area contributed by atoms with Gasteiger partial charge in [-0.3, -0.25) is 14.7 Å². The van der Waals surface area contributed by atoms with Crippen LogP contribution in [0.15, 0.2) is 30.6 Å². The Balaban J connectivity index is 1.46. The molecule has 1 atom stereocenters. The minimum Gasteiger partial charge on any atom is -0.338 e. The van der Waals surface area contributed by atoms with Gasteiger partial charge in [0.25, 0.3) is 5.91 Å². The molecule has 148 valence electrons. The van der Waals surface area contributed by atoms with E-state index in [-0.39, 0.29) is 17.4 Å². The Kier molecular flexibility index (Phi) is 4.64. The molecule has 2 fully saturated rings. The van der Waals surface area contributed by atoms with E-state index in [2.05, 4.69) is 10.2 Å². The molecule has 1 N–H and O–H groups in total. The van der Waals surface area contributed by atoms with E-state index in [1.807, 2.05) is 0 Å². The molecule has 1 spiro atoms. The normalized spacial score (nSPS) is 20.0. The number of benzene rings is 1. The first-order valence-corrected chi connectivity index (χ1v) is 9.45. The highest BCUT2D eigenvalue weighted by Gasteiger charge is 2.50. The number of aromatic amines is 1. The number of piperidine rings is 1. The van der Waals surface area contributed by atoms with Crippen molar-refractivity contribution in [3.63, 3.8) is 0 Å². The topological polar surface area (TPSA) is 69.3 Å². The summed E-state index contributed by atoms with van der Waals surface area (Å²) < 4.78 is 27.7. The van der Waals surface area contributed by atoms with Gasteiger partial charge in [-0.25, -0.2) is 8.78 Å². The van der Waals surface area contributed by atoms with Gasteiger partial charge in [-0.2, -0.15) is 5.10 Å². The number of carbonyl (C=O) groups is 2. The monoisotopic (exact) mass is 388 g/mol. The number of hydrogen-bond acceptors (Lipinski definition) is 3. The highest BCUT2D eigenvalue weighted by molar-refractivity contribution is 5.94. The fourth-order valence-electron chi connectivity index (χ4n) is 4.37. The third-order valence-electron chi connectivity index (χ3n) is 6.17. The number of rotatable bonds is 3. The van der Waals surface area contributed by atoms with Crippen LogP contribution in [-0.2, 0) is 4.79 Å². The highest BCUT2D eigenvalue weighted by Crippen LogP contribution is 2.44. The molecular weight excluding hydrogens is 366 g/mol. The second-order valence-corrected chi connectivity index (χ2v) is 7.65. The first kappa shape index (κ1) is 18.6. The van der Waals surface area contributed by atoms with Gasteiger partial charge in [0, 0.05) is 31.4 Å². The van der Waals surface area contributed by atoms with Crippen LogP contribution in [0, 0.1) is 17.0 Å². The molecule has 4 rings (SSSR count). The molecule has 1 unspecified atom stereocenters. The largest absolute Gasteiger partial charge is 0.338 e. The average molecular weight is 388 g/mol. The molecule has 0 radical (unpaired) electrons. The van der Waals surface area contributed by atoms with Crippen LogP contribution in [0.25, 0.3) is 0 Å². The fraction of sp³-hybridized carbons (Fsp3) is 0.450. The van der Waals surface area contributed by atoms with Crippen molar-refractivity contribution >= 4 is 11.8 Å². The van der Waals surface area contributed by atoms with Crippen LogP contribution in [0.4, 0.5) is 8.78 Å². The number of hydrogen-bond donors (Lipinski definition) is 1. The summed E-state index contributed by atoms with van der Waals surface area (Å²) in [4.78, 5) is 29.0. The lowest BCUT2D eigenvalue weighted by molar-refractivity contribution is -0.139. The molecule has 2 saturated heterocycles. The Morgan fingerprint density at radius 2 is 1.93 bits per heavy atom. The second-order valence-electron chi connectivity index (χ2n) is 7.65. The third kappa shape index (κ3) is 3.06. The molecule has 8 heteroatoms. The Hall–Kier alpha value is -2.77. The van der Waals surface area contributed by atoms with Gasteiger partial charge >= 0.3 is 0 Å². The standard InChI is InChI=1S/C20H22F2N4O2/c1-13(16-10-15(21)2-3-17(16)22)26-9-6-20(19(26)28)4-7-25(8-5-20)18(27)14-11-23-24-12-14/h2-3,10-13H,4-9H2,1H3,(H,23,24). The number of nitrogens with one attached hydrogen (secondary N) is 1. The lowest BCUT2D eigenvalue weighted by Gasteiger charge is -2.38. The maximum Gasteiger partial charge on any atom is 0.257 e. The molecule has 1 aromatic heterocycles. The van der Waals surface area contributed by atoms with E-state index in [0.29, 0.717) is 44.5 Å². The molecular formula is C20H22F2N4O2. The number of halogens is 2. The predicted molar refractivity (Wildman–Crippen MR) is 97.3 cm³/mol. The average Bonchev–Trinajstić information content (AvgIpc) is 3.33. The van der Waals surface area contributed by atoms with Crippen molar-refractivity contribution in [3.05, 3.63) is 53.4 Å². The maximum absolute atomic E-state index is 14.2. The summed E-state index contributed by atoms with van der Waals surface area (Å²) in [6.07, 6.45) is 4.87. The molecule has 0 bridgehead atoms. The zero-order valence-corrected chi connectivity index (χ0v) is 15.6. The van der Waals surface area contributed by atoms with Crippen LogP contribution in [0.3, 0.4) is 0 Å². The summed E-state index contributed by atoms with van der Waals surface area (Å²) in [5, 5.41) is 6.43. The van der Waals surface area contributed by atoms with Crippen molar-refractivity contribution in [1.82, 2.24) is 20.0 Å². The molecule has 2 aliphatic rings. The number of nitrogens with zero attached hydrogens (tertiary/aromatic N) is 3. The van der Waals surface area contributed by atoms with Gasteiger partial charge in [-0.05, 0) is 44.4 Å². The lowest BCUT2D eigenvalue weighted by Crippen LogP contribution is -2.46. The van der Waals surface area contributed by atoms with Crippen molar-refractivity contribution in [2.24, 2.45) is 5.41 Å². The summed E-state index contributed by atoms with van der Waals surface area (Å²) in [5.41, 5.74) is 0.175. The van der Waals surface area contributed by atoms with E-state index in [1.165, 1.54) is 6.20 Å². The predicted octanol–water partition coefficient (Wildman–Crippen LogP) is 2.90. The van der Waals surface area contributed by atoms with Gasteiger partial charge in [0.15, 0.2) is 0 Å². The van der Waals surface area contributed by atoms with Crippen LogP contribution in [-0.4, -0.2) is 51.4 Å². The van der Waals surface area contributed by atoms with Crippen LogP contribution < -0.4 is 0 Å². The Morgan fingerprint density at radius 3 is 2.61 bits per heavy atom. The van der Waals surface area contributed by atoms with E-state index < -0.39 is 23.1 Å². The maximum atomic E-state index is 14.2. The van der Waals surface area contributed by atoms with E-state index in [4.69, 9.17) is 0 Å². The van der Waals surface area contributed by atoms with E-state index in [0.717, 1.165) is 18.2 Å². The summed E-state index contributed by atoms with van der Waals surface area (Å²) in [6.45, 7) is 3.22. The Bertz CT molecular complexity index is 892. The molecule has 3 heterocycles. The quantitative estimate of drug-likeness (QED) is 0.879. The number of aromatic nitrogens is 2. The van der Waals surface area contributed by atoms with Gasteiger partial charge < -0.3 is 9.80 Å². The van der Waals surface area contributed by atoms with Crippen molar-refractivity contribution in [1.29, 1.82) is 0 Å². The summed E-state index contributed by atoms with van der Waals surface area (Å²) in [5.74, 6) is -1.15. The number of H-pyrrole nitrogens is 1. The molecule has 2 amide bonds. The Morgan fingerprint density at radius 1 is 1.21 bits per heavy atom. The molecule has 1 aromatic carbocycles. The minimum absolute atomic E-state index is 0.0286. The van der Waals surface area contributed by atoms with E-state index >= 15 is 0 Å². The van der Waals surface area contributed by atoms with Crippen LogP contribution in [0.2, 0.25) is 0 Å². The van der Waals surface area contributed by atoms with E-state index in [9.17, 15) is 18.4 Å². The molecule has 28 heavy (non-hydrogen) atoms. The number of likely N-dealkylation sites (tertiary alicyclic amines) is 2. The first-order valence-electron chi connectivity index (χ1n) is 9.45. The molecule has 0 aliphatic carbocycles. The van der Waals surface area contributed by atoms with Gasteiger partial charge in [0.1, 0.15) is 11.6 Å². The van der Waals surface area contributed by atoms with Crippen molar-refractivity contribution < 1.29 is 18.4 Å². The molecule has 6 nitrogen and oxygen atoms in total. The number of carbonyl (C=O) groups excluding carboxylic acids is 2. The SMILES string of the molecule is CC(c1cc(F)ccc1F)N1CCC2(CCN(C(=O)c3cn[nH]c3)CC2)C1=O. The van der Waals surface area contributed by atoms with Gasteiger partial charge in [-0.15, -0.1) is 0 Å². The van der Waals surface area contributed by atoms with Crippen LogP contribution >= 0.6 is 0 Å². The Labute approximate surface area is 161 Å².